The quantitative estimate of drug-likeness (QED) is 0.525. The number of hydrogen-bond acceptors (Lipinski definition) is 3. The molecule has 1 saturated carbocycles. The summed E-state index contributed by atoms with van der Waals surface area (Å²) < 4.78 is 0. The number of nitrogens with zero attached hydrogens (tertiary/aromatic N) is 1. The first kappa shape index (κ1) is 13.8. The third-order valence-corrected chi connectivity index (χ3v) is 4.46. The first-order chi connectivity index (χ1) is 10.2. The lowest BCUT2D eigenvalue weighted by Crippen LogP contribution is -2.15. The molecule has 1 fully saturated rings. The number of benzene rings is 1. The summed E-state index contributed by atoms with van der Waals surface area (Å²) in [5, 5.41) is 13.6. The van der Waals surface area contributed by atoms with Crippen LogP contribution in [0.1, 0.15) is 25.7 Å². The number of nitrogens with one attached hydrogen (secondary N) is 1. The number of carbonyl (C=O) groups is 1. The van der Waals surface area contributed by atoms with Gasteiger partial charge in [0.15, 0.2) is 0 Å². The van der Waals surface area contributed by atoms with Gasteiger partial charge in [0, 0.05) is 23.7 Å². The molecule has 110 valence electrons. The molecule has 1 N–H and O–H groups in total. The third kappa shape index (κ3) is 2.96. The zero-order chi connectivity index (χ0) is 14.8. The maximum Gasteiger partial charge on any atom is 0.271 e. The van der Waals surface area contributed by atoms with Gasteiger partial charge in [-0.1, -0.05) is 18.2 Å². The van der Waals surface area contributed by atoms with Crippen LogP contribution in [0.2, 0.25) is 0 Å². The molecule has 0 spiro atoms. The molecule has 0 radical (unpaired) electrons. The Labute approximate surface area is 123 Å². The van der Waals surface area contributed by atoms with Crippen molar-refractivity contribution in [1.29, 1.82) is 0 Å². The molecular weight excluding hydrogens is 268 g/mol. The van der Waals surface area contributed by atoms with E-state index < -0.39 is 4.92 Å². The van der Waals surface area contributed by atoms with Gasteiger partial charge in [0.2, 0.25) is 5.91 Å². The highest BCUT2D eigenvalue weighted by Gasteiger charge is 2.53. The minimum atomic E-state index is -0.452. The smallest absolute Gasteiger partial charge is 0.271 e. The molecule has 21 heavy (non-hydrogen) atoms. The fraction of sp³-hybridized carbons (Fsp3) is 0.438. The molecule has 1 aromatic carbocycles. The van der Waals surface area contributed by atoms with Crippen molar-refractivity contribution in [1.82, 2.24) is 0 Å². The highest BCUT2D eigenvalue weighted by molar-refractivity contribution is 5.95. The Balaban J connectivity index is 1.65. The van der Waals surface area contributed by atoms with Gasteiger partial charge in [-0.2, -0.15) is 0 Å². The van der Waals surface area contributed by atoms with Crippen molar-refractivity contribution in [2.45, 2.75) is 25.7 Å². The summed E-state index contributed by atoms with van der Waals surface area (Å²) in [6, 6.07) is 6.11. The van der Waals surface area contributed by atoms with E-state index in [4.69, 9.17) is 0 Å². The number of non-ortho nitro benzene ring substituents is 1. The van der Waals surface area contributed by atoms with Crippen molar-refractivity contribution in [3.63, 3.8) is 0 Å². The van der Waals surface area contributed by atoms with Crippen LogP contribution in [-0.2, 0) is 4.79 Å². The molecule has 0 bridgehead atoms. The first-order valence-corrected chi connectivity index (χ1v) is 7.37. The minimum Gasteiger partial charge on any atom is -0.326 e. The molecule has 0 heterocycles. The van der Waals surface area contributed by atoms with Gasteiger partial charge < -0.3 is 5.32 Å². The standard InChI is InChI=1S/C16H18N2O3/c19-16(15-13-8-3-1-2-4-9-14(13)15)17-11-6-5-7-12(10-11)18(20)21/h1-2,5-7,10,13-15H,3-4,8-9H2,(H,17,19)/t13-,14-/m0/s1. The monoisotopic (exact) mass is 286 g/mol. The van der Waals surface area contributed by atoms with E-state index >= 15 is 0 Å². The van der Waals surface area contributed by atoms with E-state index in [1.54, 1.807) is 12.1 Å². The van der Waals surface area contributed by atoms with Gasteiger partial charge >= 0.3 is 0 Å². The fourth-order valence-electron chi connectivity index (χ4n) is 3.36. The van der Waals surface area contributed by atoms with E-state index in [0.29, 0.717) is 17.5 Å². The second-order valence-electron chi connectivity index (χ2n) is 5.78. The number of allylic oxidation sites excluding steroid dienone is 2. The van der Waals surface area contributed by atoms with E-state index in [1.807, 2.05) is 0 Å². The van der Waals surface area contributed by atoms with Crippen molar-refractivity contribution >= 4 is 17.3 Å². The molecule has 2 aliphatic carbocycles. The van der Waals surface area contributed by atoms with E-state index in [2.05, 4.69) is 17.5 Å². The van der Waals surface area contributed by atoms with Crippen LogP contribution in [0, 0.1) is 27.9 Å². The van der Waals surface area contributed by atoms with Gasteiger partial charge in [0.05, 0.1) is 4.92 Å². The molecule has 2 atom stereocenters. The first-order valence-electron chi connectivity index (χ1n) is 7.37. The Bertz CT molecular complexity index is 581. The molecule has 0 saturated heterocycles. The van der Waals surface area contributed by atoms with E-state index in [0.717, 1.165) is 25.7 Å². The average Bonchev–Trinajstić information content (AvgIpc) is 3.10. The molecule has 5 nitrogen and oxygen atoms in total. The molecule has 1 amide bonds. The van der Waals surface area contributed by atoms with Crippen LogP contribution < -0.4 is 5.32 Å². The summed E-state index contributed by atoms with van der Waals surface area (Å²) >= 11 is 0. The fourth-order valence-corrected chi connectivity index (χ4v) is 3.36. The molecule has 0 aromatic heterocycles. The predicted molar refractivity (Wildman–Crippen MR) is 79.8 cm³/mol. The Kier molecular flexibility index (Phi) is 3.73. The lowest BCUT2D eigenvalue weighted by atomic mass is 10.1. The summed E-state index contributed by atoms with van der Waals surface area (Å²) in [7, 11) is 0. The molecule has 3 rings (SSSR count). The van der Waals surface area contributed by atoms with Crippen molar-refractivity contribution in [2.75, 3.05) is 5.32 Å². The number of amides is 1. The number of nitro benzene ring substituents is 1. The van der Waals surface area contributed by atoms with Crippen LogP contribution in [0.5, 0.6) is 0 Å². The lowest BCUT2D eigenvalue weighted by Gasteiger charge is -2.04. The summed E-state index contributed by atoms with van der Waals surface area (Å²) in [5.41, 5.74) is 0.505. The minimum absolute atomic E-state index is 0.00110. The molecule has 0 aliphatic heterocycles. The topological polar surface area (TPSA) is 72.2 Å². The highest BCUT2D eigenvalue weighted by Crippen LogP contribution is 2.53. The van der Waals surface area contributed by atoms with E-state index in [9.17, 15) is 14.9 Å². The Morgan fingerprint density at radius 1 is 1.19 bits per heavy atom. The maximum absolute atomic E-state index is 12.3. The molecule has 2 aliphatic rings. The number of hydrogen-bond donors (Lipinski definition) is 1. The maximum atomic E-state index is 12.3. The Hall–Kier alpha value is -2.17. The number of nitro groups is 1. The van der Waals surface area contributed by atoms with Crippen LogP contribution in [0.15, 0.2) is 36.4 Å². The van der Waals surface area contributed by atoms with Crippen LogP contribution in [0.25, 0.3) is 0 Å². The van der Waals surface area contributed by atoms with Gasteiger partial charge in [-0.15, -0.1) is 0 Å². The zero-order valence-corrected chi connectivity index (χ0v) is 11.7. The van der Waals surface area contributed by atoms with Crippen LogP contribution in [0.3, 0.4) is 0 Å². The van der Waals surface area contributed by atoms with Crippen molar-refractivity contribution in [3.05, 3.63) is 46.5 Å². The summed E-state index contributed by atoms with van der Waals surface area (Å²) in [6.45, 7) is 0. The van der Waals surface area contributed by atoms with Gasteiger partial charge in [0.25, 0.3) is 5.69 Å². The lowest BCUT2D eigenvalue weighted by molar-refractivity contribution is -0.384. The summed E-state index contributed by atoms with van der Waals surface area (Å²) in [5.74, 6) is 1.04. The molecular formula is C16H18N2O3. The van der Waals surface area contributed by atoms with Gasteiger partial charge in [-0.3, -0.25) is 14.9 Å². The van der Waals surface area contributed by atoms with Crippen LogP contribution in [0.4, 0.5) is 11.4 Å². The number of rotatable bonds is 3. The Morgan fingerprint density at radius 3 is 2.48 bits per heavy atom. The van der Waals surface area contributed by atoms with Crippen molar-refractivity contribution in [3.8, 4) is 0 Å². The van der Waals surface area contributed by atoms with Crippen molar-refractivity contribution in [2.24, 2.45) is 17.8 Å². The van der Waals surface area contributed by atoms with Gasteiger partial charge in [-0.25, -0.2) is 0 Å². The number of fused-ring (bicyclic) bond motifs is 1. The highest BCUT2D eigenvalue weighted by atomic mass is 16.6. The molecule has 0 unspecified atom stereocenters. The second kappa shape index (κ2) is 5.68. The average molecular weight is 286 g/mol. The van der Waals surface area contributed by atoms with E-state index in [-0.39, 0.29) is 17.5 Å². The van der Waals surface area contributed by atoms with Gasteiger partial charge in [0.1, 0.15) is 0 Å². The van der Waals surface area contributed by atoms with Gasteiger partial charge in [-0.05, 0) is 43.6 Å². The third-order valence-electron chi connectivity index (χ3n) is 4.46. The van der Waals surface area contributed by atoms with Crippen LogP contribution in [-0.4, -0.2) is 10.8 Å². The Morgan fingerprint density at radius 2 is 1.86 bits per heavy atom. The van der Waals surface area contributed by atoms with E-state index in [1.165, 1.54) is 12.1 Å². The normalized spacial score (nSPS) is 27.1. The summed E-state index contributed by atoms with van der Waals surface area (Å²) in [4.78, 5) is 22.6. The largest absolute Gasteiger partial charge is 0.326 e. The zero-order valence-electron chi connectivity index (χ0n) is 11.7. The molecule has 5 heteroatoms. The number of carbonyl (C=O) groups excluding carboxylic acids is 1. The number of anilines is 1. The van der Waals surface area contributed by atoms with Crippen molar-refractivity contribution < 1.29 is 9.72 Å². The SMILES string of the molecule is O=C(Nc1cccc([N+](=O)[O-])c1)C1[C@H]2CCC=CCC[C@H]12. The molecule has 1 aromatic rings. The van der Waals surface area contributed by atoms with Crippen LogP contribution >= 0.6 is 0 Å². The summed E-state index contributed by atoms with van der Waals surface area (Å²) in [6.07, 6.45) is 8.61. The second-order valence-corrected chi connectivity index (χ2v) is 5.78. The predicted octanol–water partition coefficient (Wildman–Crippen LogP) is 3.53.